The molecule has 6 heteroatoms. The molecule has 2 heterocycles. The second-order valence-electron chi connectivity index (χ2n) is 6.58. The number of fused-ring (bicyclic) bond motifs is 2. The summed E-state index contributed by atoms with van der Waals surface area (Å²) in [5.74, 6) is -0.479. The molecule has 0 saturated carbocycles. The van der Waals surface area contributed by atoms with E-state index in [1.54, 1.807) is 0 Å². The molecular formula is C19H19N3O3. The summed E-state index contributed by atoms with van der Waals surface area (Å²) in [6, 6.07) is 8.84. The Kier molecular flexibility index (Phi) is 3.87. The molecule has 128 valence electrons. The molecule has 25 heavy (non-hydrogen) atoms. The summed E-state index contributed by atoms with van der Waals surface area (Å²) in [7, 11) is 0. The highest BCUT2D eigenvalue weighted by molar-refractivity contribution is 6.01. The number of hydrogen-bond acceptors (Lipinski definition) is 3. The van der Waals surface area contributed by atoms with Gasteiger partial charge in [0.2, 0.25) is 11.5 Å². The quantitative estimate of drug-likeness (QED) is 0.833. The minimum Gasteiger partial charge on any atom is -0.326 e. The monoisotopic (exact) mass is 337 g/mol. The van der Waals surface area contributed by atoms with Crippen molar-refractivity contribution in [1.29, 1.82) is 0 Å². The van der Waals surface area contributed by atoms with Crippen LogP contribution in [0, 0.1) is 0 Å². The summed E-state index contributed by atoms with van der Waals surface area (Å²) in [5, 5.41) is 2.83. The van der Waals surface area contributed by atoms with Crippen LogP contribution in [0.25, 0.3) is 0 Å². The zero-order chi connectivity index (χ0) is 17.4. The molecular weight excluding hydrogens is 318 g/mol. The minimum absolute atomic E-state index is 0.0188. The molecule has 4 rings (SSSR count). The fourth-order valence-corrected chi connectivity index (χ4v) is 3.65. The van der Waals surface area contributed by atoms with Crippen molar-refractivity contribution in [2.75, 3.05) is 11.9 Å². The lowest BCUT2D eigenvalue weighted by atomic mass is 9.91. The number of nitrogens with one attached hydrogen (secondary N) is 2. The zero-order valence-electron chi connectivity index (χ0n) is 13.8. The first-order valence-electron chi connectivity index (χ1n) is 8.54. The Balaban J connectivity index is 1.73. The van der Waals surface area contributed by atoms with Crippen LogP contribution in [0.5, 0.6) is 0 Å². The predicted octanol–water partition coefficient (Wildman–Crippen LogP) is 1.85. The van der Waals surface area contributed by atoms with Crippen LogP contribution in [0.3, 0.4) is 0 Å². The molecule has 1 aliphatic heterocycles. The molecule has 0 spiro atoms. The summed E-state index contributed by atoms with van der Waals surface area (Å²) < 4.78 is 0. The van der Waals surface area contributed by atoms with E-state index in [9.17, 15) is 14.4 Å². The lowest BCUT2D eigenvalue weighted by Crippen LogP contribution is -2.37. The van der Waals surface area contributed by atoms with E-state index < -0.39 is 0 Å². The Morgan fingerprint density at radius 1 is 1.04 bits per heavy atom. The summed E-state index contributed by atoms with van der Waals surface area (Å²) in [6.07, 6.45) is 3.58. The lowest BCUT2D eigenvalue weighted by molar-refractivity contribution is -0.116. The van der Waals surface area contributed by atoms with E-state index in [4.69, 9.17) is 0 Å². The predicted molar refractivity (Wildman–Crippen MR) is 93.5 cm³/mol. The first kappa shape index (κ1) is 15.6. The number of aromatic nitrogens is 1. The van der Waals surface area contributed by atoms with E-state index in [1.165, 1.54) is 11.0 Å². The first-order valence-corrected chi connectivity index (χ1v) is 8.54. The van der Waals surface area contributed by atoms with E-state index in [1.807, 2.05) is 24.3 Å². The van der Waals surface area contributed by atoms with Crippen LogP contribution in [-0.2, 0) is 24.2 Å². The van der Waals surface area contributed by atoms with Gasteiger partial charge in [-0.3, -0.25) is 14.4 Å². The third-order valence-electron chi connectivity index (χ3n) is 4.85. The Hall–Kier alpha value is -2.89. The van der Waals surface area contributed by atoms with Gasteiger partial charge in [-0.15, -0.1) is 0 Å². The number of H-pyrrole nitrogens is 1. The number of para-hydroxylation sites is 1. The zero-order valence-corrected chi connectivity index (χ0v) is 13.8. The van der Waals surface area contributed by atoms with E-state index in [0.717, 1.165) is 48.2 Å². The van der Waals surface area contributed by atoms with Crippen LogP contribution in [0.2, 0.25) is 0 Å². The van der Waals surface area contributed by atoms with Crippen molar-refractivity contribution in [2.45, 2.75) is 32.2 Å². The molecule has 2 aromatic rings. The molecule has 2 amide bonds. The molecule has 0 bridgehead atoms. The topological polar surface area (TPSA) is 82.3 Å². The fourth-order valence-electron chi connectivity index (χ4n) is 3.65. The fraction of sp³-hybridized carbons (Fsp3) is 0.316. The molecule has 6 nitrogen and oxygen atoms in total. The Morgan fingerprint density at radius 3 is 2.72 bits per heavy atom. The van der Waals surface area contributed by atoms with Gasteiger partial charge in [0.1, 0.15) is 6.54 Å². The molecule has 2 N–H and O–H groups in total. The summed E-state index contributed by atoms with van der Waals surface area (Å²) in [4.78, 5) is 41.7. The van der Waals surface area contributed by atoms with Crippen LogP contribution in [-0.4, -0.2) is 28.2 Å². The maximum Gasteiger partial charge on any atom is 0.255 e. The number of nitrogens with zero attached hydrogens (tertiary/aromatic N) is 1. The molecule has 1 aromatic carbocycles. The maximum atomic E-state index is 13.1. The number of hydrogen-bond donors (Lipinski definition) is 2. The number of amides is 2. The van der Waals surface area contributed by atoms with Crippen LogP contribution in [0.1, 0.15) is 40.0 Å². The van der Waals surface area contributed by atoms with Crippen molar-refractivity contribution in [3.05, 3.63) is 63.1 Å². The summed E-state index contributed by atoms with van der Waals surface area (Å²) in [5.41, 5.74) is 3.58. The highest BCUT2D eigenvalue weighted by atomic mass is 16.2. The third kappa shape index (κ3) is 2.95. The lowest BCUT2D eigenvalue weighted by Gasteiger charge is -2.23. The molecule has 0 saturated heterocycles. The number of carbonyl (C=O) groups excluding carboxylic acids is 2. The minimum atomic E-state index is -0.260. The number of aryl methyl sites for hydroxylation is 1. The van der Waals surface area contributed by atoms with Crippen LogP contribution < -0.4 is 10.9 Å². The number of carbonyl (C=O) groups is 2. The van der Waals surface area contributed by atoms with Gasteiger partial charge in [-0.05, 0) is 42.9 Å². The normalized spacial score (nSPS) is 16.5. The molecule has 0 fully saturated rings. The standard InChI is InChI=1S/C19H19N3O3/c23-17-9-14(13-6-2-4-8-16(13)21-17)19(25)22-10-12-5-1-3-7-15(12)20-18(24)11-22/h1,3,5,7,9H,2,4,6,8,10-11H2,(H,20,24)(H,21,23). The number of rotatable bonds is 1. The van der Waals surface area contributed by atoms with E-state index in [-0.39, 0.29) is 23.9 Å². The van der Waals surface area contributed by atoms with Crippen LogP contribution in [0.15, 0.2) is 35.1 Å². The smallest absolute Gasteiger partial charge is 0.255 e. The van der Waals surface area contributed by atoms with Crippen molar-refractivity contribution in [1.82, 2.24) is 9.88 Å². The second kappa shape index (κ2) is 6.20. The highest BCUT2D eigenvalue weighted by Gasteiger charge is 2.27. The Bertz CT molecular complexity index is 916. The van der Waals surface area contributed by atoms with Gasteiger partial charge in [0, 0.05) is 29.6 Å². The van der Waals surface area contributed by atoms with Gasteiger partial charge in [0.25, 0.3) is 5.91 Å². The number of pyridine rings is 1. The Labute approximate surface area is 144 Å². The first-order chi connectivity index (χ1) is 12.1. The molecule has 0 radical (unpaired) electrons. The second-order valence-corrected chi connectivity index (χ2v) is 6.58. The molecule has 1 aliphatic carbocycles. The van der Waals surface area contributed by atoms with E-state index >= 15 is 0 Å². The van der Waals surface area contributed by atoms with Crippen molar-refractivity contribution in [3.63, 3.8) is 0 Å². The molecule has 0 unspecified atom stereocenters. The van der Waals surface area contributed by atoms with Gasteiger partial charge in [-0.1, -0.05) is 18.2 Å². The molecule has 2 aliphatic rings. The van der Waals surface area contributed by atoms with Gasteiger partial charge in [0.15, 0.2) is 0 Å². The number of aromatic amines is 1. The largest absolute Gasteiger partial charge is 0.326 e. The third-order valence-corrected chi connectivity index (χ3v) is 4.85. The van der Waals surface area contributed by atoms with Gasteiger partial charge < -0.3 is 15.2 Å². The molecule has 0 atom stereocenters. The van der Waals surface area contributed by atoms with Crippen LogP contribution >= 0.6 is 0 Å². The maximum absolute atomic E-state index is 13.1. The van der Waals surface area contributed by atoms with Crippen molar-refractivity contribution >= 4 is 17.5 Å². The molecule has 1 aromatic heterocycles. The number of anilines is 1. The van der Waals surface area contributed by atoms with Crippen molar-refractivity contribution in [2.24, 2.45) is 0 Å². The SMILES string of the molecule is O=C1CN(C(=O)c2cc(=O)[nH]c3c2CCCC3)Cc2ccccc2N1. The van der Waals surface area contributed by atoms with E-state index in [0.29, 0.717) is 12.1 Å². The Morgan fingerprint density at radius 2 is 1.84 bits per heavy atom. The van der Waals surface area contributed by atoms with E-state index in [2.05, 4.69) is 10.3 Å². The van der Waals surface area contributed by atoms with Gasteiger partial charge >= 0.3 is 0 Å². The van der Waals surface area contributed by atoms with Gasteiger partial charge in [-0.2, -0.15) is 0 Å². The van der Waals surface area contributed by atoms with Gasteiger partial charge in [-0.25, -0.2) is 0 Å². The van der Waals surface area contributed by atoms with Crippen LogP contribution in [0.4, 0.5) is 5.69 Å². The van der Waals surface area contributed by atoms with Crippen molar-refractivity contribution < 1.29 is 9.59 Å². The summed E-state index contributed by atoms with van der Waals surface area (Å²) >= 11 is 0. The summed E-state index contributed by atoms with van der Waals surface area (Å²) in [6.45, 7) is 0.324. The number of benzene rings is 1. The highest BCUT2D eigenvalue weighted by Crippen LogP contribution is 2.25. The average Bonchev–Trinajstić information content (AvgIpc) is 2.78. The van der Waals surface area contributed by atoms with Crippen molar-refractivity contribution in [3.8, 4) is 0 Å². The van der Waals surface area contributed by atoms with Gasteiger partial charge in [0.05, 0.1) is 0 Å². The average molecular weight is 337 g/mol.